The van der Waals surface area contributed by atoms with Crippen LogP contribution in [-0.2, 0) is 4.79 Å². The van der Waals surface area contributed by atoms with Gasteiger partial charge in [-0.1, -0.05) is 6.92 Å². The van der Waals surface area contributed by atoms with E-state index in [1.165, 1.54) is 0 Å². The normalized spacial score (nSPS) is 13.0. The third-order valence-electron chi connectivity index (χ3n) is 1.99. The quantitative estimate of drug-likeness (QED) is 0.608. The van der Waals surface area contributed by atoms with Gasteiger partial charge in [0.1, 0.15) is 0 Å². The Labute approximate surface area is 79.9 Å². The van der Waals surface area contributed by atoms with Gasteiger partial charge in [-0.25, -0.2) is 0 Å². The van der Waals surface area contributed by atoms with Crippen LogP contribution in [0.2, 0.25) is 0 Å². The van der Waals surface area contributed by atoms with Gasteiger partial charge in [-0.3, -0.25) is 4.79 Å². The summed E-state index contributed by atoms with van der Waals surface area (Å²) in [5, 5.41) is 11.9. The number of aliphatic hydroxyl groups is 1. The molecule has 1 unspecified atom stereocenters. The zero-order chi connectivity index (χ0) is 10.3. The molecule has 13 heavy (non-hydrogen) atoms. The summed E-state index contributed by atoms with van der Waals surface area (Å²) in [6.45, 7) is 3.27. The summed E-state index contributed by atoms with van der Waals surface area (Å²) >= 11 is 0. The second-order valence-corrected chi connectivity index (χ2v) is 3.25. The van der Waals surface area contributed by atoms with E-state index < -0.39 is 0 Å². The van der Waals surface area contributed by atoms with Crippen molar-refractivity contribution in [2.24, 2.45) is 0 Å². The SMILES string of the molecule is CCC(O)CN(C)CCC(=O)NC. The summed E-state index contributed by atoms with van der Waals surface area (Å²) in [6.07, 6.45) is 0.961. The largest absolute Gasteiger partial charge is 0.392 e. The lowest BCUT2D eigenvalue weighted by Crippen LogP contribution is -2.32. The topological polar surface area (TPSA) is 52.6 Å². The molecule has 0 fully saturated rings. The van der Waals surface area contributed by atoms with Crippen molar-refractivity contribution >= 4 is 5.91 Å². The molecule has 0 aromatic heterocycles. The number of nitrogens with zero attached hydrogens (tertiary/aromatic N) is 1. The van der Waals surface area contributed by atoms with Crippen LogP contribution >= 0.6 is 0 Å². The average Bonchev–Trinajstić information content (AvgIpc) is 2.13. The van der Waals surface area contributed by atoms with E-state index in [-0.39, 0.29) is 12.0 Å². The summed E-state index contributed by atoms with van der Waals surface area (Å²) in [4.78, 5) is 12.8. The summed E-state index contributed by atoms with van der Waals surface area (Å²) in [5.74, 6) is 0.0397. The maximum atomic E-state index is 10.9. The standard InChI is InChI=1S/C9H20N2O2/c1-4-8(12)7-11(3)6-5-9(13)10-2/h8,12H,4-7H2,1-3H3,(H,10,13). The number of hydrogen-bond acceptors (Lipinski definition) is 3. The first-order chi connectivity index (χ1) is 6.10. The van der Waals surface area contributed by atoms with Crippen molar-refractivity contribution in [3.05, 3.63) is 0 Å². The number of nitrogens with one attached hydrogen (secondary N) is 1. The molecule has 0 spiro atoms. The minimum Gasteiger partial charge on any atom is -0.392 e. The van der Waals surface area contributed by atoms with Crippen LogP contribution in [0.5, 0.6) is 0 Å². The van der Waals surface area contributed by atoms with Crippen LogP contribution < -0.4 is 5.32 Å². The van der Waals surface area contributed by atoms with Gasteiger partial charge in [0.2, 0.25) is 5.91 Å². The van der Waals surface area contributed by atoms with Crippen molar-refractivity contribution in [2.75, 3.05) is 27.2 Å². The van der Waals surface area contributed by atoms with Crippen LogP contribution in [0.25, 0.3) is 0 Å². The van der Waals surface area contributed by atoms with E-state index in [2.05, 4.69) is 5.32 Å². The summed E-state index contributed by atoms with van der Waals surface area (Å²) in [6, 6.07) is 0. The molecule has 4 nitrogen and oxygen atoms in total. The summed E-state index contributed by atoms with van der Waals surface area (Å²) < 4.78 is 0. The highest BCUT2D eigenvalue weighted by Gasteiger charge is 2.06. The molecule has 0 saturated heterocycles. The van der Waals surface area contributed by atoms with Crippen molar-refractivity contribution in [1.82, 2.24) is 10.2 Å². The fourth-order valence-electron chi connectivity index (χ4n) is 0.998. The minimum atomic E-state index is -0.283. The molecule has 1 amide bonds. The number of carbonyl (C=O) groups excluding carboxylic acids is 1. The first kappa shape index (κ1) is 12.4. The maximum Gasteiger partial charge on any atom is 0.221 e. The van der Waals surface area contributed by atoms with Gasteiger partial charge in [0, 0.05) is 26.6 Å². The first-order valence-corrected chi connectivity index (χ1v) is 4.67. The molecule has 0 aliphatic rings. The highest BCUT2D eigenvalue weighted by atomic mass is 16.3. The molecule has 2 N–H and O–H groups in total. The Balaban J connectivity index is 3.50. The van der Waals surface area contributed by atoms with Gasteiger partial charge in [0.25, 0.3) is 0 Å². The lowest BCUT2D eigenvalue weighted by atomic mass is 10.2. The highest BCUT2D eigenvalue weighted by Crippen LogP contribution is 1.94. The predicted molar refractivity (Wildman–Crippen MR) is 52.5 cm³/mol. The molecule has 0 bridgehead atoms. The fourth-order valence-corrected chi connectivity index (χ4v) is 0.998. The van der Waals surface area contributed by atoms with E-state index in [4.69, 9.17) is 0 Å². The second-order valence-electron chi connectivity index (χ2n) is 3.25. The minimum absolute atomic E-state index is 0.0397. The Morgan fingerprint density at radius 3 is 2.69 bits per heavy atom. The molecule has 0 saturated carbocycles. The molecule has 0 rings (SSSR count). The van der Waals surface area contributed by atoms with E-state index in [9.17, 15) is 9.90 Å². The van der Waals surface area contributed by atoms with Crippen molar-refractivity contribution in [2.45, 2.75) is 25.9 Å². The molecule has 0 aliphatic heterocycles. The third-order valence-corrected chi connectivity index (χ3v) is 1.99. The molecule has 0 aliphatic carbocycles. The van der Waals surface area contributed by atoms with E-state index in [0.29, 0.717) is 19.5 Å². The molecule has 0 aromatic rings. The van der Waals surface area contributed by atoms with Crippen molar-refractivity contribution in [3.63, 3.8) is 0 Å². The Morgan fingerprint density at radius 1 is 1.62 bits per heavy atom. The molecule has 0 aromatic carbocycles. The molecular formula is C9H20N2O2. The number of hydrogen-bond donors (Lipinski definition) is 2. The third kappa shape index (κ3) is 6.54. The molecule has 0 radical (unpaired) electrons. The zero-order valence-corrected chi connectivity index (χ0v) is 8.71. The highest BCUT2D eigenvalue weighted by molar-refractivity contribution is 5.75. The Hall–Kier alpha value is -0.610. The van der Waals surface area contributed by atoms with Crippen LogP contribution in [0.1, 0.15) is 19.8 Å². The fraction of sp³-hybridized carbons (Fsp3) is 0.889. The van der Waals surface area contributed by atoms with Crippen LogP contribution in [0.15, 0.2) is 0 Å². The number of aliphatic hydroxyl groups excluding tert-OH is 1. The van der Waals surface area contributed by atoms with Crippen LogP contribution in [0.4, 0.5) is 0 Å². The maximum absolute atomic E-state index is 10.9. The zero-order valence-electron chi connectivity index (χ0n) is 8.71. The number of amides is 1. The van der Waals surface area contributed by atoms with Gasteiger partial charge < -0.3 is 15.3 Å². The van der Waals surface area contributed by atoms with Crippen LogP contribution in [0, 0.1) is 0 Å². The smallest absolute Gasteiger partial charge is 0.221 e. The van der Waals surface area contributed by atoms with E-state index in [1.807, 2.05) is 18.9 Å². The molecule has 78 valence electrons. The number of rotatable bonds is 6. The van der Waals surface area contributed by atoms with Crippen molar-refractivity contribution in [3.8, 4) is 0 Å². The van der Waals surface area contributed by atoms with Gasteiger partial charge in [0.15, 0.2) is 0 Å². The van der Waals surface area contributed by atoms with Crippen LogP contribution in [0.3, 0.4) is 0 Å². The van der Waals surface area contributed by atoms with Gasteiger partial charge in [-0.05, 0) is 13.5 Å². The van der Waals surface area contributed by atoms with E-state index in [0.717, 1.165) is 6.42 Å². The lowest BCUT2D eigenvalue weighted by molar-refractivity contribution is -0.120. The van der Waals surface area contributed by atoms with E-state index in [1.54, 1.807) is 7.05 Å². The van der Waals surface area contributed by atoms with Crippen molar-refractivity contribution in [1.29, 1.82) is 0 Å². The Morgan fingerprint density at radius 2 is 2.23 bits per heavy atom. The Bertz CT molecular complexity index is 151. The van der Waals surface area contributed by atoms with Crippen molar-refractivity contribution < 1.29 is 9.90 Å². The van der Waals surface area contributed by atoms with Crippen LogP contribution in [-0.4, -0.2) is 49.2 Å². The molecule has 1 atom stereocenters. The summed E-state index contributed by atoms with van der Waals surface area (Å²) in [5.41, 5.74) is 0. The first-order valence-electron chi connectivity index (χ1n) is 4.67. The van der Waals surface area contributed by atoms with Gasteiger partial charge >= 0.3 is 0 Å². The van der Waals surface area contributed by atoms with E-state index >= 15 is 0 Å². The number of carbonyl (C=O) groups is 1. The van der Waals surface area contributed by atoms with Gasteiger partial charge in [-0.2, -0.15) is 0 Å². The monoisotopic (exact) mass is 188 g/mol. The predicted octanol–water partition coefficient (Wildman–Crippen LogP) is -0.175. The second kappa shape index (κ2) is 6.86. The Kier molecular flexibility index (Phi) is 6.54. The molecule has 4 heteroatoms. The summed E-state index contributed by atoms with van der Waals surface area (Å²) in [7, 11) is 3.53. The number of likely N-dealkylation sites (N-methyl/N-ethyl adjacent to an activating group) is 1. The van der Waals surface area contributed by atoms with Gasteiger partial charge in [-0.15, -0.1) is 0 Å². The molecule has 0 heterocycles. The average molecular weight is 188 g/mol. The van der Waals surface area contributed by atoms with Gasteiger partial charge in [0.05, 0.1) is 6.10 Å². The molecular weight excluding hydrogens is 168 g/mol. The lowest BCUT2D eigenvalue weighted by Gasteiger charge is -2.18.